The molecule has 2 atom stereocenters. The lowest BCUT2D eigenvalue weighted by Crippen LogP contribution is -2.48. The van der Waals surface area contributed by atoms with E-state index in [1.54, 1.807) is 28.5 Å². The highest BCUT2D eigenvalue weighted by Crippen LogP contribution is 2.32. The molecule has 184 valence electrons. The Morgan fingerprint density at radius 3 is 2.51 bits per heavy atom. The summed E-state index contributed by atoms with van der Waals surface area (Å²) in [5.74, 6) is -0.00806. The number of carbonyl (C=O) groups is 1. The standard InChI is InChI=1S/C23H22Cl2N4O4S2/c24-16-11-15(12-17(25)13-16)21-14-28(8-9-33-21)20-5-7-29(22(20)30)18-1-3-19(4-2-18)35(31,32)27-23-26-6-10-34-23/h1-4,6,10-13,20-21H,5,7-9,14H2,(H,26,27)/t20-,21-/m0/s1. The van der Waals surface area contributed by atoms with Gasteiger partial charge in [0.1, 0.15) is 0 Å². The summed E-state index contributed by atoms with van der Waals surface area (Å²) >= 11 is 13.5. The Morgan fingerprint density at radius 1 is 1.09 bits per heavy atom. The molecule has 12 heteroatoms. The highest BCUT2D eigenvalue weighted by molar-refractivity contribution is 7.93. The van der Waals surface area contributed by atoms with Crippen LogP contribution in [-0.2, 0) is 19.6 Å². The van der Waals surface area contributed by atoms with Crippen LogP contribution in [0.4, 0.5) is 10.8 Å². The largest absolute Gasteiger partial charge is 0.371 e. The number of rotatable bonds is 6. The predicted octanol–water partition coefficient (Wildman–Crippen LogP) is 4.43. The number of hydrogen-bond acceptors (Lipinski definition) is 7. The van der Waals surface area contributed by atoms with Gasteiger partial charge in [-0.25, -0.2) is 13.4 Å². The highest BCUT2D eigenvalue weighted by Gasteiger charge is 2.39. The monoisotopic (exact) mass is 552 g/mol. The van der Waals surface area contributed by atoms with Crippen molar-refractivity contribution in [1.29, 1.82) is 0 Å². The Balaban J connectivity index is 1.27. The first-order valence-corrected chi connectivity index (χ1v) is 14.1. The van der Waals surface area contributed by atoms with Crippen molar-refractivity contribution in [1.82, 2.24) is 9.88 Å². The van der Waals surface area contributed by atoms with E-state index in [2.05, 4.69) is 14.6 Å². The van der Waals surface area contributed by atoms with Crippen molar-refractivity contribution in [2.24, 2.45) is 0 Å². The third-order valence-electron chi connectivity index (χ3n) is 6.09. The Labute approximate surface area is 217 Å². The van der Waals surface area contributed by atoms with Crippen LogP contribution < -0.4 is 9.62 Å². The molecule has 2 aliphatic rings. The SMILES string of the molecule is O=C1[C@@H](N2CCO[C@H](c3cc(Cl)cc(Cl)c3)C2)CCN1c1ccc(S(=O)(=O)Nc2nccs2)cc1. The van der Waals surface area contributed by atoms with E-state index in [1.165, 1.54) is 29.7 Å². The van der Waals surface area contributed by atoms with Crippen LogP contribution in [0.3, 0.4) is 0 Å². The minimum absolute atomic E-state index is 0.00806. The van der Waals surface area contributed by atoms with Crippen LogP contribution in [0, 0.1) is 0 Å². The van der Waals surface area contributed by atoms with Crippen LogP contribution in [0.2, 0.25) is 10.0 Å². The molecule has 8 nitrogen and oxygen atoms in total. The number of morpholine rings is 1. The maximum Gasteiger partial charge on any atom is 0.263 e. The zero-order chi connectivity index (χ0) is 24.6. The number of benzene rings is 2. The van der Waals surface area contributed by atoms with E-state index in [4.69, 9.17) is 27.9 Å². The molecule has 3 heterocycles. The molecule has 0 radical (unpaired) electrons. The molecule has 2 aliphatic heterocycles. The van der Waals surface area contributed by atoms with Gasteiger partial charge in [0.2, 0.25) is 5.91 Å². The van der Waals surface area contributed by atoms with E-state index in [0.717, 1.165) is 5.56 Å². The summed E-state index contributed by atoms with van der Waals surface area (Å²) in [6.07, 6.45) is 1.98. The van der Waals surface area contributed by atoms with Crippen molar-refractivity contribution in [2.75, 3.05) is 35.9 Å². The third kappa shape index (κ3) is 5.32. The van der Waals surface area contributed by atoms with Gasteiger partial charge in [0.25, 0.3) is 10.0 Å². The summed E-state index contributed by atoms with van der Waals surface area (Å²) in [4.78, 5) is 21.2. The van der Waals surface area contributed by atoms with Gasteiger partial charge >= 0.3 is 0 Å². The molecule has 2 saturated heterocycles. The van der Waals surface area contributed by atoms with Crippen LogP contribution in [0.5, 0.6) is 0 Å². The zero-order valence-electron chi connectivity index (χ0n) is 18.4. The van der Waals surface area contributed by atoms with Gasteiger partial charge in [-0.05, 0) is 54.4 Å². The quantitative estimate of drug-likeness (QED) is 0.486. The smallest absolute Gasteiger partial charge is 0.263 e. The molecule has 1 N–H and O–H groups in total. The Hall–Kier alpha value is -2.21. The summed E-state index contributed by atoms with van der Waals surface area (Å²) in [5, 5.41) is 3.08. The maximum absolute atomic E-state index is 13.3. The van der Waals surface area contributed by atoms with Gasteiger partial charge in [-0.15, -0.1) is 11.3 Å². The molecule has 1 amide bonds. The summed E-state index contributed by atoms with van der Waals surface area (Å²) in [6.45, 7) is 2.25. The number of halogens is 2. The fourth-order valence-electron chi connectivity index (χ4n) is 4.43. The Morgan fingerprint density at radius 2 is 1.83 bits per heavy atom. The molecule has 3 aromatic rings. The molecule has 2 fully saturated rings. The van der Waals surface area contributed by atoms with Gasteiger partial charge in [-0.2, -0.15) is 0 Å². The first-order chi connectivity index (χ1) is 16.8. The highest BCUT2D eigenvalue weighted by atomic mass is 35.5. The van der Waals surface area contributed by atoms with Crippen LogP contribution in [-0.4, -0.2) is 56.5 Å². The molecule has 0 aliphatic carbocycles. The van der Waals surface area contributed by atoms with Gasteiger partial charge in [-0.1, -0.05) is 23.2 Å². The molecule has 0 saturated carbocycles. The van der Waals surface area contributed by atoms with Gasteiger partial charge in [0.05, 0.1) is 23.6 Å². The van der Waals surface area contributed by atoms with Gasteiger partial charge in [-0.3, -0.25) is 14.4 Å². The van der Waals surface area contributed by atoms with Gasteiger partial charge in [0, 0.05) is 46.9 Å². The average molecular weight is 553 g/mol. The first-order valence-electron chi connectivity index (χ1n) is 11.0. The van der Waals surface area contributed by atoms with Crippen molar-refractivity contribution < 1.29 is 17.9 Å². The minimum atomic E-state index is -3.75. The number of nitrogens with one attached hydrogen (secondary N) is 1. The van der Waals surface area contributed by atoms with Crippen molar-refractivity contribution in [3.05, 3.63) is 69.7 Å². The number of carbonyl (C=O) groups excluding carboxylic acids is 1. The molecule has 0 spiro atoms. The molecular weight excluding hydrogens is 531 g/mol. The van der Waals surface area contributed by atoms with E-state index >= 15 is 0 Å². The number of nitrogens with zero attached hydrogens (tertiary/aromatic N) is 3. The van der Waals surface area contributed by atoms with E-state index in [0.29, 0.717) is 53.5 Å². The molecule has 35 heavy (non-hydrogen) atoms. The fourth-order valence-corrected chi connectivity index (χ4v) is 6.76. The topological polar surface area (TPSA) is 91.8 Å². The number of sulfonamides is 1. The first kappa shape index (κ1) is 24.5. The van der Waals surface area contributed by atoms with Crippen molar-refractivity contribution in [3.63, 3.8) is 0 Å². The lowest BCUT2D eigenvalue weighted by molar-refractivity contribution is -0.125. The van der Waals surface area contributed by atoms with Crippen LogP contribution in [0.1, 0.15) is 18.1 Å². The number of thiazole rings is 1. The number of amides is 1. The second kappa shape index (κ2) is 10.0. The second-order valence-electron chi connectivity index (χ2n) is 8.29. The number of aromatic nitrogens is 1. The number of ether oxygens (including phenoxy) is 1. The van der Waals surface area contributed by atoms with E-state index in [1.807, 2.05) is 12.1 Å². The molecule has 0 unspecified atom stereocenters. The lowest BCUT2D eigenvalue weighted by atomic mass is 10.1. The second-order valence-corrected chi connectivity index (χ2v) is 11.7. The number of hydrogen-bond donors (Lipinski definition) is 1. The van der Waals surface area contributed by atoms with Crippen LogP contribution in [0.25, 0.3) is 0 Å². The van der Waals surface area contributed by atoms with Crippen LogP contribution in [0.15, 0.2) is 58.9 Å². The van der Waals surface area contributed by atoms with E-state index in [9.17, 15) is 13.2 Å². The van der Waals surface area contributed by atoms with E-state index < -0.39 is 10.0 Å². The van der Waals surface area contributed by atoms with Crippen molar-refractivity contribution in [2.45, 2.75) is 23.5 Å². The molecule has 5 rings (SSSR count). The Bertz CT molecular complexity index is 1300. The Kier molecular flexibility index (Phi) is 7.02. The minimum Gasteiger partial charge on any atom is -0.371 e. The average Bonchev–Trinajstić information content (AvgIpc) is 3.48. The van der Waals surface area contributed by atoms with Crippen molar-refractivity contribution >= 4 is 61.3 Å². The van der Waals surface area contributed by atoms with Crippen molar-refractivity contribution in [3.8, 4) is 0 Å². The van der Waals surface area contributed by atoms with Gasteiger partial charge in [0.15, 0.2) is 5.13 Å². The number of anilines is 2. The third-order valence-corrected chi connectivity index (χ3v) is 8.69. The summed E-state index contributed by atoms with van der Waals surface area (Å²) < 4.78 is 33.6. The molecule has 0 bridgehead atoms. The maximum atomic E-state index is 13.3. The lowest BCUT2D eigenvalue weighted by Gasteiger charge is -2.36. The van der Waals surface area contributed by atoms with Gasteiger partial charge < -0.3 is 9.64 Å². The summed E-state index contributed by atoms with van der Waals surface area (Å²) in [6, 6.07) is 11.4. The fraction of sp³-hybridized carbons (Fsp3) is 0.304. The summed E-state index contributed by atoms with van der Waals surface area (Å²) in [7, 11) is -3.75. The van der Waals surface area contributed by atoms with Crippen LogP contribution >= 0.6 is 34.5 Å². The van der Waals surface area contributed by atoms with E-state index in [-0.39, 0.29) is 22.9 Å². The normalized spacial score (nSPS) is 21.4. The summed E-state index contributed by atoms with van der Waals surface area (Å²) in [5.41, 5.74) is 1.55. The molecular formula is C23H22Cl2N4O4S2. The predicted molar refractivity (Wildman–Crippen MR) is 137 cm³/mol. The molecule has 2 aromatic carbocycles. The molecule has 1 aromatic heterocycles. The zero-order valence-corrected chi connectivity index (χ0v) is 21.6.